The molecule has 4 nitrogen and oxygen atoms in total. The molecule has 0 aromatic rings. The number of hydrogen-bond donors (Lipinski definition) is 3. The van der Waals surface area contributed by atoms with Gasteiger partial charge in [0, 0.05) is 6.04 Å². The quantitative estimate of drug-likeness (QED) is 0.533. The summed E-state index contributed by atoms with van der Waals surface area (Å²) in [5, 5.41) is 17.3. The Hall–Kier alpha value is -0.610. The SMILES string of the molecule is CC(C)C[C@H](N)[C@@H](O)C(=O)O. The van der Waals surface area contributed by atoms with E-state index < -0.39 is 18.1 Å². The van der Waals surface area contributed by atoms with Crippen LogP contribution in [0.5, 0.6) is 0 Å². The molecule has 11 heavy (non-hydrogen) atoms. The lowest BCUT2D eigenvalue weighted by Gasteiger charge is -2.16. The van der Waals surface area contributed by atoms with Crippen LogP contribution in [0, 0.1) is 5.92 Å². The third-order valence-electron chi connectivity index (χ3n) is 1.40. The highest BCUT2D eigenvalue weighted by Gasteiger charge is 2.22. The van der Waals surface area contributed by atoms with Crippen LogP contribution in [0.15, 0.2) is 0 Å². The van der Waals surface area contributed by atoms with Crippen LogP contribution < -0.4 is 5.73 Å². The number of carboxylic acid groups (broad SMARTS) is 1. The van der Waals surface area contributed by atoms with Crippen molar-refractivity contribution in [2.75, 3.05) is 0 Å². The van der Waals surface area contributed by atoms with Crippen LogP contribution in [-0.2, 0) is 4.79 Å². The summed E-state index contributed by atoms with van der Waals surface area (Å²) in [6.45, 7) is 3.85. The lowest BCUT2D eigenvalue weighted by Crippen LogP contribution is -2.41. The van der Waals surface area contributed by atoms with E-state index in [0.717, 1.165) is 0 Å². The summed E-state index contributed by atoms with van der Waals surface area (Å²) < 4.78 is 0. The highest BCUT2D eigenvalue weighted by molar-refractivity contribution is 5.72. The van der Waals surface area contributed by atoms with Gasteiger partial charge in [0.05, 0.1) is 0 Å². The average Bonchev–Trinajstić information content (AvgIpc) is 1.84. The second-order valence-electron chi connectivity index (χ2n) is 3.08. The topological polar surface area (TPSA) is 83.5 Å². The zero-order valence-electron chi connectivity index (χ0n) is 6.82. The average molecular weight is 161 g/mol. The van der Waals surface area contributed by atoms with Crippen molar-refractivity contribution in [3.05, 3.63) is 0 Å². The molecule has 0 saturated carbocycles. The molecule has 0 bridgehead atoms. The van der Waals surface area contributed by atoms with E-state index in [1.807, 2.05) is 13.8 Å². The number of hydrogen-bond acceptors (Lipinski definition) is 3. The first-order chi connectivity index (χ1) is 4.95. The highest BCUT2D eigenvalue weighted by atomic mass is 16.4. The molecule has 66 valence electrons. The molecule has 2 atom stereocenters. The first kappa shape index (κ1) is 10.4. The van der Waals surface area contributed by atoms with Gasteiger partial charge >= 0.3 is 5.97 Å². The number of aliphatic carboxylic acids is 1. The van der Waals surface area contributed by atoms with Crippen LogP contribution in [0.25, 0.3) is 0 Å². The van der Waals surface area contributed by atoms with Crippen LogP contribution in [0.3, 0.4) is 0 Å². The van der Waals surface area contributed by atoms with Crippen LogP contribution in [-0.4, -0.2) is 28.3 Å². The molecule has 0 heterocycles. The molecular weight excluding hydrogens is 146 g/mol. The number of rotatable bonds is 4. The molecule has 0 aliphatic carbocycles. The molecule has 0 spiro atoms. The van der Waals surface area contributed by atoms with E-state index >= 15 is 0 Å². The van der Waals surface area contributed by atoms with Gasteiger partial charge in [0.1, 0.15) is 0 Å². The first-order valence-corrected chi connectivity index (χ1v) is 3.61. The van der Waals surface area contributed by atoms with E-state index in [9.17, 15) is 4.79 Å². The zero-order valence-corrected chi connectivity index (χ0v) is 6.82. The van der Waals surface area contributed by atoms with Gasteiger partial charge in [-0.25, -0.2) is 4.79 Å². The molecule has 4 heteroatoms. The summed E-state index contributed by atoms with van der Waals surface area (Å²) in [6.07, 6.45) is -0.912. The molecule has 0 aromatic heterocycles. The number of aliphatic hydroxyl groups is 1. The Morgan fingerprint density at radius 2 is 2.00 bits per heavy atom. The summed E-state index contributed by atoms with van der Waals surface area (Å²) in [5.41, 5.74) is 5.39. The van der Waals surface area contributed by atoms with E-state index in [1.165, 1.54) is 0 Å². The van der Waals surface area contributed by atoms with Gasteiger partial charge in [0.25, 0.3) is 0 Å². The van der Waals surface area contributed by atoms with E-state index in [1.54, 1.807) is 0 Å². The van der Waals surface area contributed by atoms with Crippen LogP contribution in [0.2, 0.25) is 0 Å². The Morgan fingerprint density at radius 1 is 1.55 bits per heavy atom. The molecule has 4 N–H and O–H groups in total. The molecule has 0 unspecified atom stereocenters. The van der Waals surface area contributed by atoms with E-state index in [4.69, 9.17) is 15.9 Å². The Bertz CT molecular complexity index is 136. The largest absolute Gasteiger partial charge is 0.479 e. The van der Waals surface area contributed by atoms with Crippen LogP contribution in [0.1, 0.15) is 20.3 Å². The lowest BCUT2D eigenvalue weighted by atomic mass is 10.0. The zero-order chi connectivity index (χ0) is 9.02. The Balaban J connectivity index is 3.82. The minimum Gasteiger partial charge on any atom is -0.479 e. The van der Waals surface area contributed by atoms with E-state index in [-0.39, 0.29) is 0 Å². The maximum absolute atomic E-state index is 10.2. The van der Waals surface area contributed by atoms with Crippen molar-refractivity contribution < 1.29 is 15.0 Å². The van der Waals surface area contributed by atoms with Gasteiger partial charge in [-0.3, -0.25) is 0 Å². The molecular formula is C7H15NO3. The monoisotopic (exact) mass is 161 g/mol. The highest BCUT2D eigenvalue weighted by Crippen LogP contribution is 2.05. The maximum atomic E-state index is 10.2. The van der Waals surface area contributed by atoms with Gasteiger partial charge in [0.2, 0.25) is 0 Å². The molecule has 0 saturated heterocycles. The van der Waals surface area contributed by atoms with Crippen molar-refractivity contribution in [2.24, 2.45) is 11.7 Å². The Kier molecular flexibility index (Phi) is 4.07. The second kappa shape index (κ2) is 4.31. The molecule has 0 radical (unpaired) electrons. The molecule has 0 fully saturated rings. The number of aliphatic hydroxyl groups excluding tert-OH is 1. The molecule has 0 aliphatic rings. The Morgan fingerprint density at radius 3 is 2.27 bits per heavy atom. The number of carboxylic acids is 1. The molecule has 0 aromatic carbocycles. The minimum absolute atomic E-state index is 0.305. The third-order valence-corrected chi connectivity index (χ3v) is 1.40. The molecule has 0 amide bonds. The van der Waals surface area contributed by atoms with Crippen molar-refractivity contribution in [1.29, 1.82) is 0 Å². The van der Waals surface area contributed by atoms with Gasteiger partial charge in [-0.1, -0.05) is 13.8 Å². The van der Waals surface area contributed by atoms with Gasteiger partial charge in [-0.15, -0.1) is 0 Å². The summed E-state index contributed by atoms with van der Waals surface area (Å²) in [6, 6.07) is -0.660. The predicted molar refractivity (Wildman–Crippen MR) is 41.1 cm³/mol. The van der Waals surface area contributed by atoms with Crippen molar-refractivity contribution in [3.8, 4) is 0 Å². The molecule has 0 aliphatic heterocycles. The van der Waals surface area contributed by atoms with Crippen LogP contribution in [0.4, 0.5) is 0 Å². The summed E-state index contributed by atoms with van der Waals surface area (Å²) in [7, 11) is 0. The fourth-order valence-corrected chi connectivity index (χ4v) is 0.856. The number of nitrogens with two attached hydrogens (primary N) is 1. The van der Waals surface area contributed by atoms with Crippen molar-refractivity contribution in [2.45, 2.75) is 32.4 Å². The lowest BCUT2D eigenvalue weighted by molar-refractivity contribution is -0.147. The van der Waals surface area contributed by atoms with Crippen LogP contribution >= 0.6 is 0 Å². The summed E-state index contributed by atoms with van der Waals surface area (Å²) in [4.78, 5) is 10.2. The van der Waals surface area contributed by atoms with E-state index in [0.29, 0.717) is 12.3 Å². The fourth-order valence-electron chi connectivity index (χ4n) is 0.856. The summed E-state index contributed by atoms with van der Waals surface area (Å²) >= 11 is 0. The van der Waals surface area contributed by atoms with Crippen molar-refractivity contribution >= 4 is 5.97 Å². The van der Waals surface area contributed by atoms with Gasteiger partial charge < -0.3 is 15.9 Å². The first-order valence-electron chi connectivity index (χ1n) is 3.61. The second-order valence-corrected chi connectivity index (χ2v) is 3.08. The van der Waals surface area contributed by atoms with Gasteiger partial charge in [-0.2, -0.15) is 0 Å². The van der Waals surface area contributed by atoms with E-state index in [2.05, 4.69) is 0 Å². The standard InChI is InChI=1S/C7H15NO3/c1-4(2)3-5(8)6(9)7(10)11/h4-6,9H,3,8H2,1-2H3,(H,10,11)/t5-,6+/m0/s1. The third kappa shape index (κ3) is 3.95. The normalized spacial score (nSPS) is 16.5. The maximum Gasteiger partial charge on any atom is 0.334 e. The minimum atomic E-state index is -1.43. The van der Waals surface area contributed by atoms with Gasteiger partial charge in [-0.05, 0) is 12.3 Å². The Labute approximate surface area is 66.0 Å². The molecule has 0 rings (SSSR count). The number of carbonyl (C=O) groups is 1. The fraction of sp³-hybridized carbons (Fsp3) is 0.857. The van der Waals surface area contributed by atoms with Crippen molar-refractivity contribution in [3.63, 3.8) is 0 Å². The van der Waals surface area contributed by atoms with Crippen molar-refractivity contribution in [1.82, 2.24) is 0 Å². The predicted octanol–water partition coefficient (Wildman–Crippen LogP) is -0.195. The van der Waals surface area contributed by atoms with Gasteiger partial charge in [0.15, 0.2) is 6.10 Å². The summed E-state index contributed by atoms with van der Waals surface area (Å²) in [5.74, 6) is -0.947. The smallest absolute Gasteiger partial charge is 0.334 e.